The fourth-order valence-electron chi connectivity index (χ4n) is 4.26. The number of imidazole rings is 1. The number of benzene rings is 1. The van der Waals surface area contributed by atoms with Crippen molar-refractivity contribution in [2.75, 3.05) is 0 Å². The lowest BCUT2D eigenvalue weighted by Gasteiger charge is -2.09. The van der Waals surface area contributed by atoms with Crippen LogP contribution in [0.1, 0.15) is 44.5 Å². The van der Waals surface area contributed by atoms with Crippen LogP contribution < -0.4 is 5.69 Å². The number of hydrogen-bond donors (Lipinski definition) is 1. The third-order valence-corrected chi connectivity index (χ3v) is 6.09. The van der Waals surface area contributed by atoms with Crippen molar-refractivity contribution >= 4 is 0 Å². The standard InChI is InChI=1S/C25H28N10O/c1-3-5-13-35-24(27-17-28-35)34-16-20(8-4-2)33(25(34)36)15-19-12-11-18(14-26-19)21-9-6-7-10-22(21)23-29-31-32-30-23/h6-7,9-12,14,16-17H,3-5,8,13,15H2,1-2H3,(H,29,30,31,32). The first-order valence-corrected chi connectivity index (χ1v) is 12.2. The normalized spacial score (nSPS) is 11.3. The molecule has 0 spiro atoms. The Morgan fingerprint density at radius 3 is 2.58 bits per heavy atom. The number of nitrogens with one attached hydrogen (secondary N) is 1. The van der Waals surface area contributed by atoms with E-state index in [2.05, 4.69) is 49.5 Å². The van der Waals surface area contributed by atoms with Crippen LogP contribution in [0.15, 0.2) is 59.9 Å². The Balaban J connectivity index is 1.45. The molecule has 0 saturated heterocycles. The van der Waals surface area contributed by atoms with Crippen LogP contribution in [-0.2, 0) is 19.5 Å². The highest BCUT2D eigenvalue weighted by Crippen LogP contribution is 2.29. The molecule has 0 amide bonds. The molecule has 0 radical (unpaired) electrons. The number of aryl methyl sites for hydroxylation is 2. The summed E-state index contributed by atoms with van der Waals surface area (Å²) < 4.78 is 5.17. The summed E-state index contributed by atoms with van der Waals surface area (Å²) in [5.74, 6) is 1.14. The van der Waals surface area contributed by atoms with Gasteiger partial charge in [-0.1, -0.05) is 57.0 Å². The van der Waals surface area contributed by atoms with Crippen molar-refractivity contribution < 1.29 is 0 Å². The lowest BCUT2D eigenvalue weighted by Crippen LogP contribution is -2.27. The average molecular weight is 485 g/mol. The third kappa shape index (κ3) is 4.59. The minimum Gasteiger partial charge on any atom is -0.290 e. The van der Waals surface area contributed by atoms with Crippen LogP contribution in [-0.4, -0.2) is 49.5 Å². The molecule has 0 bridgehead atoms. The summed E-state index contributed by atoms with van der Waals surface area (Å²) in [4.78, 5) is 22.5. The molecular formula is C25H28N10O. The largest absolute Gasteiger partial charge is 0.335 e. The number of rotatable bonds is 10. The number of pyridine rings is 1. The first-order valence-electron chi connectivity index (χ1n) is 12.2. The van der Waals surface area contributed by atoms with E-state index < -0.39 is 0 Å². The van der Waals surface area contributed by atoms with Gasteiger partial charge in [0.1, 0.15) is 6.33 Å². The summed E-state index contributed by atoms with van der Waals surface area (Å²) in [5, 5.41) is 18.5. The molecule has 0 atom stereocenters. The second-order valence-corrected chi connectivity index (χ2v) is 8.58. The van der Waals surface area contributed by atoms with Crippen LogP contribution in [0.5, 0.6) is 0 Å². The van der Waals surface area contributed by atoms with Crippen molar-refractivity contribution in [1.29, 1.82) is 0 Å². The molecular weight excluding hydrogens is 456 g/mol. The molecule has 11 heteroatoms. The van der Waals surface area contributed by atoms with Gasteiger partial charge in [-0.25, -0.2) is 19.1 Å². The van der Waals surface area contributed by atoms with Crippen molar-refractivity contribution in [2.24, 2.45) is 0 Å². The van der Waals surface area contributed by atoms with Crippen molar-refractivity contribution in [1.82, 2.24) is 49.5 Å². The molecule has 0 fully saturated rings. The number of aromatic nitrogens is 10. The zero-order valence-corrected chi connectivity index (χ0v) is 20.4. The molecule has 0 aliphatic heterocycles. The van der Waals surface area contributed by atoms with E-state index in [1.54, 1.807) is 13.8 Å². The van der Waals surface area contributed by atoms with Crippen LogP contribution in [0.25, 0.3) is 28.5 Å². The summed E-state index contributed by atoms with van der Waals surface area (Å²) in [6.45, 7) is 5.32. The monoisotopic (exact) mass is 484 g/mol. The fourth-order valence-corrected chi connectivity index (χ4v) is 4.26. The highest BCUT2D eigenvalue weighted by molar-refractivity contribution is 5.79. The maximum Gasteiger partial charge on any atom is 0.335 e. The first kappa shape index (κ1) is 23.3. The quantitative estimate of drug-likeness (QED) is 0.322. The molecule has 36 heavy (non-hydrogen) atoms. The number of unbranched alkanes of at least 4 members (excludes halogenated alkanes) is 1. The summed E-state index contributed by atoms with van der Waals surface area (Å²) in [7, 11) is 0. The van der Waals surface area contributed by atoms with Gasteiger partial charge in [0.05, 0.1) is 12.2 Å². The van der Waals surface area contributed by atoms with Gasteiger partial charge in [0.15, 0.2) is 5.82 Å². The van der Waals surface area contributed by atoms with Crippen molar-refractivity contribution in [3.63, 3.8) is 0 Å². The molecule has 11 nitrogen and oxygen atoms in total. The Labute approximate surface area is 207 Å². The zero-order valence-electron chi connectivity index (χ0n) is 20.4. The molecule has 5 aromatic rings. The highest BCUT2D eigenvalue weighted by atomic mass is 16.2. The van der Waals surface area contributed by atoms with E-state index in [0.717, 1.165) is 60.3 Å². The number of nitrogens with zero attached hydrogens (tertiary/aromatic N) is 9. The predicted octanol–water partition coefficient (Wildman–Crippen LogP) is 3.27. The summed E-state index contributed by atoms with van der Waals surface area (Å²) >= 11 is 0. The van der Waals surface area contributed by atoms with Gasteiger partial charge in [-0.15, -0.1) is 5.10 Å². The van der Waals surface area contributed by atoms with Crippen LogP contribution in [0, 0.1) is 0 Å². The van der Waals surface area contributed by atoms with Crippen molar-refractivity contribution in [2.45, 2.75) is 52.6 Å². The molecule has 5 rings (SSSR count). The van der Waals surface area contributed by atoms with Gasteiger partial charge in [0.25, 0.3) is 0 Å². The third-order valence-electron chi connectivity index (χ3n) is 6.09. The number of hydrogen-bond acceptors (Lipinski definition) is 7. The average Bonchev–Trinajstić information content (AvgIpc) is 3.66. The van der Waals surface area contributed by atoms with Crippen LogP contribution in [0.4, 0.5) is 0 Å². The van der Waals surface area contributed by atoms with E-state index in [1.165, 1.54) is 6.33 Å². The van der Waals surface area contributed by atoms with Gasteiger partial charge < -0.3 is 0 Å². The summed E-state index contributed by atoms with van der Waals surface area (Å²) in [6.07, 6.45) is 8.92. The van der Waals surface area contributed by atoms with Gasteiger partial charge in [-0.05, 0) is 34.9 Å². The minimum atomic E-state index is -0.141. The molecule has 0 saturated carbocycles. The highest BCUT2D eigenvalue weighted by Gasteiger charge is 2.17. The van der Waals surface area contributed by atoms with Crippen LogP contribution in [0.2, 0.25) is 0 Å². The fraction of sp³-hybridized carbons (Fsp3) is 0.320. The maximum absolute atomic E-state index is 13.5. The molecule has 0 aliphatic rings. The molecule has 4 heterocycles. The van der Waals surface area contributed by atoms with Crippen LogP contribution >= 0.6 is 0 Å². The zero-order chi connectivity index (χ0) is 24.9. The Hall–Kier alpha value is -4.41. The van der Waals surface area contributed by atoms with Gasteiger partial charge in [-0.3, -0.25) is 9.55 Å². The number of aromatic amines is 1. The van der Waals surface area contributed by atoms with Crippen molar-refractivity contribution in [3.8, 4) is 28.5 Å². The van der Waals surface area contributed by atoms with Crippen LogP contribution in [0.3, 0.4) is 0 Å². The number of tetrazole rings is 1. The lowest BCUT2D eigenvalue weighted by atomic mass is 10.0. The van der Waals surface area contributed by atoms with E-state index in [4.69, 9.17) is 0 Å². The predicted molar refractivity (Wildman–Crippen MR) is 134 cm³/mol. The van der Waals surface area contributed by atoms with E-state index in [0.29, 0.717) is 18.3 Å². The Kier molecular flexibility index (Phi) is 6.78. The van der Waals surface area contributed by atoms with Gasteiger partial charge >= 0.3 is 5.69 Å². The maximum atomic E-state index is 13.5. The minimum absolute atomic E-state index is 0.141. The summed E-state index contributed by atoms with van der Waals surface area (Å²) in [6, 6.07) is 11.8. The molecule has 0 aliphatic carbocycles. The van der Waals surface area contributed by atoms with E-state index in [-0.39, 0.29) is 5.69 Å². The molecule has 184 valence electrons. The Bertz CT molecular complexity index is 1480. The molecule has 4 aromatic heterocycles. The van der Waals surface area contributed by atoms with E-state index >= 15 is 0 Å². The van der Waals surface area contributed by atoms with E-state index in [9.17, 15) is 4.79 Å². The second-order valence-electron chi connectivity index (χ2n) is 8.58. The van der Waals surface area contributed by atoms with E-state index in [1.807, 2.05) is 48.8 Å². The SMILES string of the molecule is CCCCn1ncnc1-n1cc(CCC)n(Cc2ccc(-c3ccccc3-c3nnn[nH]3)cn2)c1=O. The summed E-state index contributed by atoms with van der Waals surface area (Å²) in [5.41, 5.74) is 4.40. The van der Waals surface area contributed by atoms with Gasteiger partial charge in [-0.2, -0.15) is 10.1 Å². The smallest absolute Gasteiger partial charge is 0.290 e. The Morgan fingerprint density at radius 2 is 1.86 bits per heavy atom. The number of H-pyrrole nitrogens is 1. The molecule has 1 aromatic carbocycles. The lowest BCUT2D eigenvalue weighted by molar-refractivity contribution is 0.553. The first-order chi connectivity index (χ1) is 17.7. The second kappa shape index (κ2) is 10.5. The topological polar surface area (TPSA) is 125 Å². The molecule has 1 N–H and O–H groups in total. The van der Waals surface area contributed by atoms with Crippen molar-refractivity contribution in [3.05, 3.63) is 77.0 Å². The van der Waals surface area contributed by atoms with Gasteiger partial charge in [0, 0.05) is 35.8 Å². The molecule has 0 unspecified atom stereocenters. The Morgan fingerprint density at radius 1 is 1.00 bits per heavy atom. The van der Waals surface area contributed by atoms with Gasteiger partial charge in [0.2, 0.25) is 5.95 Å².